The Morgan fingerprint density at radius 1 is 1.64 bits per heavy atom. The number of amides is 1. The van der Waals surface area contributed by atoms with Crippen LogP contribution in [0.1, 0.15) is 20.8 Å². The Labute approximate surface area is 68.9 Å². The zero-order valence-electron chi connectivity index (χ0n) is 7.63. The van der Waals surface area contributed by atoms with Crippen LogP contribution in [0.25, 0.3) is 0 Å². The van der Waals surface area contributed by atoms with Crippen molar-refractivity contribution in [1.82, 2.24) is 4.90 Å². The lowest BCUT2D eigenvalue weighted by Crippen LogP contribution is -2.34. The van der Waals surface area contributed by atoms with Crippen molar-refractivity contribution in [2.24, 2.45) is 5.92 Å². The lowest BCUT2D eigenvalue weighted by Gasteiger charge is -2.20. The fourth-order valence-corrected chi connectivity index (χ4v) is 0.896. The summed E-state index contributed by atoms with van der Waals surface area (Å²) in [5, 5.41) is 0. The molecule has 0 atom stereocenters. The van der Waals surface area contributed by atoms with Gasteiger partial charge >= 0.3 is 0 Å². The molecule has 11 heavy (non-hydrogen) atoms. The zero-order valence-corrected chi connectivity index (χ0v) is 7.63. The van der Waals surface area contributed by atoms with Gasteiger partial charge in [0, 0.05) is 19.0 Å². The first-order chi connectivity index (χ1) is 5.13. The second kappa shape index (κ2) is 4.94. The predicted octanol–water partition coefficient (Wildman–Crippen LogP) is 1.68. The normalized spacial score (nSPS) is 9.82. The molecule has 0 rings (SSSR count). The van der Waals surface area contributed by atoms with Crippen LogP contribution in [-0.4, -0.2) is 23.9 Å². The third-order valence-electron chi connectivity index (χ3n) is 1.54. The Kier molecular flexibility index (Phi) is 4.59. The van der Waals surface area contributed by atoms with Gasteiger partial charge in [-0.25, -0.2) is 0 Å². The molecule has 0 bridgehead atoms. The second-order valence-electron chi connectivity index (χ2n) is 2.82. The summed E-state index contributed by atoms with van der Waals surface area (Å²) >= 11 is 0. The largest absolute Gasteiger partial charge is 0.339 e. The molecule has 0 saturated heterocycles. The summed E-state index contributed by atoms with van der Waals surface area (Å²) in [6.45, 7) is 10.8. The quantitative estimate of drug-likeness (QED) is 0.566. The highest BCUT2D eigenvalue weighted by molar-refractivity contribution is 5.78. The van der Waals surface area contributed by atoms with Gasteiger partial charge in [0.05, 0.1) is 0 Å². The van der Waals surface area contributed by atoms with E-state index in [9.17, 15) is 4.79 Å². The van der Waals surface area contributed by atoms with E-state index in [2.05, 4.69) is 6.58 Å². The highest BCUT2D eigenvalue weighted by atomic mass is 16.2. The van der Waals surface area contributed by atoms with Crippen LogP contribution in [0.5, 0.6) is 0 Å². The molecule has 2 nitrogen and oxygen atoms in total. The standard InChI is InChI=1S/C9H17NO/c1-5-7-10(6-2)9(11)8(3)4/h5,8H,1,6-7H2,2-4H3. The molecule has 0 heterocycles. The summed E-state index contributed by atoms with van der Waals surface area (Å²) in [5.74, 6) is 0.294. The molecule has 0 spiro atoms. The molecule has 0 unspecified atom stereocenters. The van der Waals surface area contributed by atoms with Crippen molar-refractivity contribution < 1.29 is 4.79 Å². The minimum atomic E-state index is 0.0925. The average Bonchev–Trinajstić information content (AvgIpc) is 1.98. The van der Waals surface area contributed by atoms with Crippen LogP contribution in [0.15, 0.2) is 12.7 Å². The van der Waals surface area contributed by atoms with E-state index in [4.69, 9.17) is 0 Å². The Balaban J connectivity index is 4.02. The first kappa shape index (κ1) is 10.2. The molecule has 1 amide bonds. The van der Waals surface area contributed by atoms with E-state index < -0.39 is 0 Å². The van der Waals surface area contributed by atoms with Crippen LogP contribution in [-0.2, 0) is 4.79 Å². The molecule has 0 aromatic carbocycles. The van der Waals surface area contributed by atoms with Crippen molar-refractivity contribution in [2.75, 3.05) is 13.1 Å². The van der Waals surface area contributed by atoms with Crippen LogP contribution in [0.2, 0.25) is 0 Å². The van der Waals surface area contributed by atoms with Crippen LogP contribution < -0.4 is 0 Å². The molecular formula is C9H17NO. The van der Waals surface area contributed by atoms with Gasteiger partial charge in [-0.05, 0) is 6.92 Å². The Hall–Kier alpha value is -0.790. The number of nitrogens with zero attached hydrogens (tertiary/aromatic N) is 1. The molecule has 0 radical (unpaired) electrons. The minimum Gasteiger partial charge on any atom is -0.339 e. The van der Waals surface area contributed by atoms with E-state index in [1.807, 2.05) is 20.8 Å². The first-order valence-corrected chi connectivity index (χ1v) is 4.03. The topological polar surface area (TPSA) is 20.3 Å². The molecule has 0 aliphatic carbocycles. The van der Waals surface area contributed by atoms with Crippen molar-refractivity contribution in [3.63, 3.8) is 0 Å². The Morgan fingerprint density at radius 2 is 2.18 bits per heavy atom. The van der Waals surface area contributed by atoms with Gasteiger partial charge in [-0.15, -0.1) is 6.58 Å². The lowest BCUT2D eigenvalue weighted by molar-refractivity contribution is -0.133. The second-order valence-corrected chi connectivity index (χ2v) is 2.82. The number of hydrogen-bond donors (Lipinski definition) is 0. The van der Waals surface area contributed by atoms with Crippen LogP contribution in [0.4, 0.5) is 0 Å². The molecule has 0 N–H and O–H groups in total. The van der Waals surface area contributed by atoms with Crippen molar-refractivity contribution in [3.8, 4) is 0 Å². The molecule has 0 aromatic rings. The van der Waals surface area contributed by atoms with Crippen LogP contribution in [0.3, 0.4) is 0 Å². The van der Waals surface area contributed by atoms with E-state index in [0.717, 1.165) is 6.54 Å². The number of rotatable bonds is 4. The monoisotopic (exact) mass is 155 g/mol. The van der Waals surface area contributed by atoms with E-state index in [1.165, 1.54) is 0 Å². The maximum atomic E-state index is 11.3. The lowest BCUT2D eigenvalue weighted by atomic mass is 10.2. The summed E-state index contributed by atoms with van der Waals surface area (Å²) < 4.78 is 0. The SMILES string of the molecule is C=CCN(CC)C(=O)C(C)C. The van der Waals surface area contributed by atoms with Gasteiger partial charge in [0.2, 0.25) is 5.91 Å². The fourth-order valence-electron chi connectivity index (χ4n) is 0.896. The summed E-state index contributed by atoms with van der Waals surface area (Å²) in [6, 6.07) is 0. The fraction of sp³-hybridized carbons (Fsp3) is 0.667. The molecule has 64 valence electrons. The van der Waals surface area contributed by atoms with Gasteiger partial charge in [-0.1, -0.05) is 19.9 Å². The summed E-state index contributed by atoms with van der Waals surface area (Å²) in [4.78, 5) is 13.1. The number of likely N-dealkylation sites (N-methyl/N-ethyl adjacent to an activating group) is 1. The molecule has 0 fully saturated rings. The smallest absolute Gasteiger partial charge is 0.225 e. The summed E-state index contributed by atoms with van der Waals surface area (Å²) in [5.41, 5.74) is 0. The van der Waals surface area contributed by atoms with Gasteiger partial charge in [-0.3, -0.25) is 4.79 Å². The predicted molar refractivity (Wildman–Crippen MR) is 47.3 cm³/mol. The molecule has 0 aromatic heterocycles. The van der Waals surface area contributed by atoms with Crippen molar-refractivity contribution >= 4 is 5.91 Å². The van der Waals surface area contributed by atoms with E-state index in [-0.39, 0.29) is 11.8 Å². The number of carbonyl (C=O) groups excluding carboxylic acids is 1. The third kappa shape index (κ3) is 3.21. The molecule has 0 aliphatic heterocycles. The third-order valence-corrected chi connectivity index (χ3v) is 1.54. The number of hydrogen-bond acceptors (Lipinski definition) is 1. The summed E-state index contributed by atoms with van der Waals surface area (Å²) in [6.07, 6.45) is 1.75. The molecular weight excluding hydrogens is 138 g/mol. The van der Waals surface area contributed by atoms with Gasteiger partial charge < -0.3 is 4.90 Å². The average molecular weight is 155 g/mol. The highest BCUT2D eigenvalue weighted by Gasteiger charge is 2.12. The van der Waals surface area contributed by atoms with Crippen molar-refractivity contribution in [1.29, 1.82) is 0 Å². The van der Waals surface area contributed by atoms with Crippen LogP contribution >= 0.6 is 0 Å². The van der Waals surface area contributed by atoms with Gasteiger partial charge in [0.25, 0.3) is 0 Å². The van der Waals surface area contributed by atoms with Crippen LogP contribution in [0, 0.1) is 5.92 Å². The molecule has 0 saturated carbocycles. The summed E-state index contributed by atoms with van der Waals surface area (Å²) in [7, 11) is 0. The Morgan fingerprint density at radius 3 is 2.45 bits per heavy atom. The van der Waals surface area contributed by atoms with E-state index in [1.54, 1.807) is 11.0 Å². The maximum absolute atomic E-state index is 11.3. The van der Waals surface area contributed by atoms with Gasteiger partial charge in [-0.2, -0.15) is 0 Å². The zero-order chi connectivity index (χ0) is 8.85. The van der Waals surface area contributed by atoms with Gasteiger partial charge in [0.15, 0.2) is 0 Å². The van der Waals surface area contributed by atoms with E-state index in [0.29, 0.717) is 6.54 Å². The van der Waals surface area contributed by atoms with Crippen molar-refractivity contribution in [3.05, 3.63) is 12.7 Å². The number of carbonyl (C=O) groups is 1. The first-order valence-electron chi connectivity index (χ1n) is 4.03. The van der Waals surface area contributed by atoms with E-state index >= 15 is 0 Å². The van der Waals surface area contributed by atoms with Crippen molar-refractivity contribution in [2.45, 2.75) is 20.8 Å². The molecule has 0 aliphatic rings. The Bertz CT molecular complexity index is 140. The highest BCUT2D eigenvalue weighted by Crippen LogP contribution is 2.00. The minimum absolute atomic E-state index is 0.0925. The molecule has 2 heteroatoms. The van der Waals surface area contributed by atoms with Gasteiger partial charge in [0.1, 0.15) is 0 Å². The maximum Gasteiger partial charge on any atom is 0.225 e.